The zero-order valence-electron chi connectivity index (χ0n) is 18.0. The van der Waals surface area contributed by atoms with Gasteiger partial charge >= 0.3 is 0 Å². The zero-order chi connectivity index (χ0) is 21.5. The van der Waals surface area contributed by atoms with E-state index in [9.17, 15) is 4.79 Å². The fourth-order valence-electron chi connectivity index (χ4n) is 4.49. The van der Waals surface area contributed by atoms with E-state index < -0.39 is 0 Å². The molecule has 1 fully saturated rings. The number of ether oxygens (including phenoxy) is 1. The van der Waals surface area contributed by atoms with Crippen LogP contribution in [-0.4, -0.2) is 37.4 Å². The standard InChI is InChI=1S/C28H29NO2/c1-31-27-17-9-8-11-22(27)16-10-19-29-20-18-26(30)25(21-29)28(23-12-4-2-5-13-23)24-14-6-3-7-15-24/h2-17,25,28H,18-21H2,1H3. The van der Waals surface area contributed by atoms with Gasteiger partial charge in [0.1, 0.15) is 11.5 Å². The number of hydrogen-bond donors (Lipinski definition) is 0. The quantitative estimate of drug-likeness (QED) is 0.519. The Bertz CT molecular complexity index is 974. The third kappa shape index (κ3) is 5.12. The van der Waals surface area contributed by atoms with Gasteiger partial charge in [-0.15, -0.1) is 0 Å². The molecule has 0 N–H and O–H groups in total. The molecule has 0 radical (unpaired) electrons. The molecule has 4 rings (SSSR count). The highest BCUT2D eigenvalue weighted by atomic mass is 16.5. The lowest BCUT2D eigenvalue weighted by molar-refractivity contribution is -0.126. The molecule has 158 valence electrons. The first-order valence-electron chi connectivity index (χ1n) is 10.9. The number of hydrogen-bond acceptors (Lipinski definition) is 3. The van der Waals surface area contributed by atoms with E-state index in [1.54, 1.807) is 7.11 Å². The summed E-state index contributed by atoms with van der Waals surface area (Å²) in [6.45, 7) is 2.39. The van der Waals surface area contributed by atoms with Crippen molar-refractivity contribution in [1.82, 2.24) is 4.90 Å². The number of benzene rings is 3. The Morgan fingerprint density at radius 2 is 1.55 bits per heavy atom. The Hall–Kier alpha value is -3.17. The number of rotatable bonds is 7. The molecule has 0 aromatic heterocycles. The number of carbonyl (C=O) groups excluding carboxylic acids is 1. The second-order valence-electron chi connectivity index (χ2n) is 8.03. The van der Waals surface area contributed by atoms with Crippen molar-refractivity contribution in [1.29, 1.82) is 0 Å². The predicted molar refractivity (Wildman–Crippen MR) is 126 cm³/mol. The maximum Gasteiger partial charge on any atom is 0.139 e. The van der Waals surface area contributed by atoms with Gasteiger partial charge in [-0.05, 0) is 17.2 Å². The minimum atomic E-state index is -0.0433. The van der Waals surface area contributed by atoms with Gasteiger partial charge in [-0.25, -0.2) is 0 Å². The van der Waals surface area contributed by atoms with Crippen LogP contribution in [-0.2, 0) is 4.79 Å². The maximum atomic E-state index is 13.0. The molecule has 1 saturated heterocycles. The van der Waals surface area contributed by atoms with E-state index in [1.807, 2.05) is 30.3 Å². The van der Waals surface area contributed by atoms with E-state index in [4.69, 9.17) is 4.74 Å². The Morgan fingerprint density at radius 1 is 0.935 bits per heavy atom. The highest BCUT2D eigenvalue weighted by molar-refractivity contribution is 5.83. The minimum Gasteiger partial charge on any atom is -0.496 e. The normalized spacial score (nSPS) is 17.4. The first kappa shape index (κ1) is 21.1. The number of likely N-dealkylation sites (tertiary alicyclic amines) is 1. The number of ketones is 1. The number of carbonyl (C=O) groups is 1. The third-order valence-corrected chi connectivity index (χ3v) is 6.06. The van der Waals surface area contributed by atoms with Crippen molar-refractivity contribution in [3.05, 3.63) is 108 Å². The van der Waals surface area contributed by atoms with E-state index in [1.165, 1.54) is 11.1 Å². The van der Waals surface area contributed by atoms with Gasteiger partial charge in [0.25, 0.3) is 0 Å². The van der Waals surface area contributed by atoms with Crippen molar-refractivity contribution in [2.75, 3.05) is 26.7 Å². The highest BCUT2D eigenvalue weighted by Gasteiger charge is 2.34. The Labute approximate surface area is 185 Å². The van der Waals surface area contributed by atoms with Crippen molar-refractivity contribution in [3.63, 3.8) is 0 Å². The second kappa shape index (κ2) is 10.2. The number of piperidine rings is 1. The van der Waals surface area contributed by atoms with Crippen LogP contribution < -0.4 is 4.74 Å². The summed E-state index contributed by atoms with van der Waals surface area (Å²) in [5, 5.41) is 0. The first-order chi connectivity index (χ1) is 15.3. The molecular weight excluding hydrogens is 382 g/mol. The van der Waals surface area contributed by atoms with Crippen LogP contribution in [0.4, 0.5) is 0 Å². The van der Waals surface area contributed by atoms with Gasteiger partial charge in [-0.2, -0.15) is 0 Å². The highest BCUT2D eigenvalue weighted by Crippen LogP contribution is 2.35. The van der Waals surface area contributed by atoms with Gasteiger partial charge < -0.3 is 4.74 Å². The zero-order valence-corrected chi connectivity index (χ0v) is 18.0. The summed E-state index contributed by atoms with van der Waals surface area (Å²) < 4.78 is 5.44. The van der Waals surface area contributed by atoms with Gasteiger partial charge in [0.05, 0.1) is 7.11 Å². The fourth-order valence-corrected chi connectivity index (χ4v) is 4.49. The third-order valence-electron chi connectivity index (χ3n) is 6.06. The van der Waals surface area contributed by atoms with Gasteiger partial charge in [0, 0.05) is 43.5 Å². The summed E-state index contributed by atoms with van der Waals surface area (Å²) in [6, 6.07) is 28.9. The lowest BCUT2D eigenvalue weighted by Gasteiger charge is -2.36. The van der Waals surface area contributed by atoms with Crippen molar-refractivity contribution < 1.29 is 9.53 Å². The molecule has 0 saturated carbocycles. The first-order valence-corrected chi connectivity index (χ1v) is 10.9. The average molecular weight is 412 g/mol. The predicted octanol–water partition coefficient (Wildman–Crippen LogP) is 5.43. The molecule has 3 aromatic rings. The smallest absolute Gasteiger partial charge is 0.139 e. The number of Topliss-reactive ketones (excluding diaryl/α,β-unsaturated/α-hetero) is 1. The van der Waals surface area contributed by atoms with Crippen molar-refractivity contribution in [2.24, 2.45) is 5.92 Å². The maximum absolute atomic E-state index is 13.0. The summed E-state index contributed by atoms with van der Waals surface area (Å²) in [4.78, 5) is 15.4. The molecule has 0 amide bonds. The monoisotopic (exact) mass is 411 g/mol. The second-order valence-corrected chi connectivity index (χ2v) is 8.03. The molecule has 1 atom stereocenters. The summed E-state index contributed by atoms with van der Waals surface area (Å²) in [6.07, 6.45) is 4.88. The number of methoxy groups -OCH3 is 1. The molecule has 3 aromatic carbocycles. The molecular formula is C28H29NO2. The van der Waals surface area contributed by atoms with E-state index >= 15 is 0 Å². The van der Waals surface area contributed by atoms with Crippen LogP contribution in [0.2, 0.25) is 0 Å². The van der Waals surface area contributed by atoms with Gasteiger partial charge in [0.15, 0.2) is 0 Å². The fraction of sp³-hybridized carbons (Fsp3) is 0.250. The van der Waals surface area contributed by atoms with E-state index in [0.717, 1.165) is 30.9 Å². The lowest BCUT2D eigenvalue weighted by atomic mass is 9.76. The van der Waals surface area contributed by atoms with Crippen molar-refractivity contribution in [2.45, 2.75) is 12.3 Å². The summed E-state index contributed by atoms with van der Waals surface area (Å²) in [5.41, 5.74) is 3.48. The molecule has 3 heteroatoms. The Balaban J connectivity index is 1.53. The SMILES string of the molecule is COc1ccccc1C=CCN1CCC(=O)C(C(c2ccccc2)c2ccccc2)C1. The van der Waals surface area contributed by atoms with Crippen LogP contribution in [0.3, 0.4) is 0 Å². The van der Waals surface area contributed by atoms with Crippen LogP contribution >= 0.6 is 0 Å². The lowest BCUT2D eigenvalue weighted by Crippen LogP contribution is -2.43. The Kier molecular flexibility index (Phi) is 6.96. The molecule has 3 nitrogen and oxygen atoms in total. The molecule has 0 aliphatic carbocycles. The summed E-state index contributed by atoms with van der Waals surface area (Å²) in [7, 11) is 1.70. The Morgan fingerprint density at radius 3 is 2.19 bits per heavy atom. The van der Waals surface area contributed by atoms with E-state index in [-0.39, 0.29) is 11.8 Å². The minimum absolute atomic E-state index is 0.0433. The molecule has 31 heavy (non-hydrogen) atoms. The molecule has 1 aliphatic rings. The molecule has 1 unspecified atom stereocenters. The number of nitrogens with zero attached hydrogens (tertiary/aromatic N) is 1. The average Bonchev–Trinajstić information content (AvgIpc) is 2.83. The largest absolute Gasteiger partial charge is 0.496 e. The molecule has 1 heterocycles. The molecule has 0 spiro atoms. The van der Waals surface area contributed by atoms with E-state index in [2.05, 4.69) is 71.6 Å². The molecule has 1 aliphatic heterocycles. The van der Waals surface area contributed by atoms with Crippen LogP contribution in [0, 0.1) is 5.92 Å². The van der Waals surface area contributed by atoms with E-state index in [0.29, 0.717) is 12.2 Å². The van der Waals surface area contributed by atoms with Gasteiger partial charge in [0.2, 0.25) is 0 Å². The molecule has 0 bridgehead atoms. The topological polar surface area (TPSA) is 29.5 Å². The van der Waals surface area contributed by atoms with Crippen LogP contribution in [0.15, 0.2) is 91.0 Å². The summed E-state index contributed by atoms with van der Waals surface area (Å²) >= 11 is 0. The van der Waals surface area contributed by atoms with Crippen molar-refractivity contribution in [3.8, 4) is 5.75 Å². The van der Waals surface area contributed by atoms with Crippen LogP contribution in [0.5, 0.6) is 5.75 Å². The van der Waals surface area contributed by atoms with Crippen molar-refractivity contribution >= 4 is 11.9 Å². The van der Waals surface area contributed by atoms with Crippen LogP contribution in [0.25, 0.3) is 6.08 Å². The van der Waals surface area contributed by atoms with Gasteiger partial charge in [-0.1, -0.05) is 91.0 Å². The van der Waals surface area contributed by atoms with Crippen LogP contribution in [0.1, 0.15) is 29.0 Å². The number of para-hydroxylation sites is 1. The van der Waals surface area contributed by atoms with Gasteiger partial charge in [-0.3, -0.25) is 9.69 Å². The summed E-state index contributed by atoms with van der Waals surface area (Å²) in [5.74, 6) is 1.27.